The lowest BCUT2D eigenvalue weighted by Gasteiger charge is -2.15. The lowest BCUT2D eigenvalue weighted by Crippen LogP contribution is -2.27. The summed E-state index contributed by atoms with van der Waals surface area (Å²) in [6, 6.07) is 11.4. The van der Waals surface area contributed by atoms with Crippen molar-refractivity contribution in [3.05, 3.63) is 84.1 Å². The molecule has 1 aromatic carbocycles. The van der Waals surface area contributed by atoms with E-state index in [4.69, 9.17) is 15.5 Å². The monoisotopic (exact) mass is 539 g/mol. The minimum Gasteiger partial charge on any atom is -0.457 e. The van der Waals surface area contributed by atoms with Crippen molar-refractivity contribution < 1.29 is 9.53 Å². The van der Waals surface area contributed by atoms with Crippen LogP contribution in [0.2, 0.25) is 0 Å². The summed E-state index contributed by atoms with van der Waals surface area (Å²) in [7, 11) is 3.95. The molecule has 1 amide bonds. The molecule has 1 atom stereocenters. The molecule has 1 aliphatic heterocycles. The van der Waals surface area contributed by atoms with Gasteiger partial charge in [0.2, 0.25) is 5.91 Å². The number of nitrogens with zero attached hydrogens (tertiary/aromatic N) is 7. The third-order valence-electron chi connectivity index (χ3n) is 6.74. The van der Waals surface area contributed by atoms with E-state index >= 15 is 0 Å². The van der Waals surface area contributed by atoms with Gasteiger partial charge in [-0.2, -0.15) is 5.10 Å². The molecule has 4 aromatic rings. The second kappa shape index (κ2) is 12.0. The van der Waals surface area contributed by atoms with E-state index in [0.29, 0.717) is 41.8 Å². The van der Waals surface area contributed by atoms with Crippen LogP contribution in [0.5, 0.6) is 11.5 Å². The molecule has 0 unspecified atom stereocenters. The van der Waals surface area contributed by atoms with Crippen molar-refractivity contribution in [2.75, 3.05) is 33.7 Å². The number of hydrogen-bond acceptors (Lipinski definition) is 6. The highest BCUT2D eigenvalue weighted by atomic mass is 16.5. The number of pyridine rings is 1. The molecule has 11 nitrogen and oxygen atoms in total. The van der Waals surface area contributed by atoms with Crippen molar-refractivity contribution in [1.29, 1.82) is 0 Å². The summed E-state index contributed by atoms with van der Waals surface area (Å²) in [5.74, 6) is 2.06. The molecule has 3 N–H and O–H groups in total. The summed E-state index contributed by atoms with van der Waals surface area (Å²) >= 11 is 0. The molecule has 1 aliphatic rings. The number of benzene rings is 1. The molecule has 3 aromatic heterocycles. The number of hydrogen-bond donors (Lipinski definition) is 2. The number of rotatable bonds is 8. The largest absolute Gasteiger partial charge is 0.457 e. The standard InChI is InChI=1S/C29H33N9O2/c1-20-15-22(6-7-25(20)40-23-10-14-38-26(16-23)33-19-34-38)35-29(32-18-30)28-24(8-11-31-28)21-9-13-37(17-21)27(39)5-4-12-36(2)3/h4-8,10-11,14-16,18-19,21,31H,9,12-13,17H2,1-3H3,(H2,30,32,35)/b5-4+/t21-/m1/s1. The van der Waals surface area contributed by atoms with E-state index in [9.17, 15) is 4.79 Å². The van der Waals surface area contributed by atoms with Crippen LogP contribution in [-0.2, 0) is 4.79 Å². The normalized spacial score (nSPS) is 16.2. The summed E-state index contributed by atoms with van der Waals surface area (Å²) in [5, 5.41) is 4.11. The maximum absolute atomic E-state index is 12.7. The van der Waals surface area contributed by atoms with E-state index < -0.39 is 0 Å². The minimum absolute atomic E-state index is 0.0365. The van der Waals surface area contributed by atoms with Crippen LogP contribution >= 0.6 is 0 Å². The first kappa shape index (κ1) is 26.8. The van der Waals surface area contributed by atoms with Gasteiger partial charge in [-0.05, 0) is 68.9 Å². The minimum atomic E-state index is 0.0365. The number of carbonyl (C=O) groups excluding carboxylic acids is 1. The quantitative estimate of drug-likeness (QED) is 0.200. The Kier molecular flexibility index (Phi) is 8.02. The predicted molar refractivity (Wildman–Crippen MR) is 156 cm³/mol. The number of carbonyl (C=O) groups is 1. The van der Waals surface area contributed by atoms with Gasteiger partial charge in [0.15, 0.2) is 11.5 Å². The Morgan fingerprint density at radius 3 is 2.95 bits per heavy atom. The van der Waals surface area contributed by atoms with Crippen molar-refractivity contribution in [3.8, 4) is 11.5 Å². The van der Waals surface area contributed by atoms with Crippen LogP contribution in [-0.4, -0.2) is 81.2 Å². The molecule has 5 rings (SSSR count). The second-order valence-corrected chi connectivity index (χ2v) is 9.93. The number of likely N-dealkylation sites (N-methyl/N-ethyl adjacent to an activating group) is 1. The molecule has 1 saturated heterocycles. The topological polar surface area (TPSA) is 130 Å². The number of fused-ring (bicyclic) bond motifs is 1. The van der Waals surface area contributed by atoms with E-state index in [0.717, 1.165) is 29.8 Å². The van der Waals surface area contributed by atoms with Gasteiger partial charge in [-0.15, -0.1) is 0 Å². The molecular formula is C29H33N9O2. The van der Waals surface area contributed by atoms with Crippen molar-refractivity contribution >= 4 is 29.4 Å². The SMILES string of the molecule is Cc1cc(N=C(N=CN)c2[nH]ccc2[C@@H]2CCN(C(=O)/C=C/CN(C)C)C2)ccc1Oc1ccn2ncnc2c1. The smallest absolute Gasteiger partial charge is 0.246 e. The second-order valence-electron chi connectivity index (χ2n) is 9.93. The fraction of sp³-hybridized carbons (Fsp3) is 0.276. The Morgan fingerprint density at radius 1 is 1.27 bits per heavy atom. The molecule has 4 heterocycles. The van der Waals surface area contributed by atoms with Gasteiger partial charge in [0.25, 0.3) is 0 Å². The number of nitrogens with two attached hydrogens (primary N) is 1. The Hall–Kier alpha value is -4.77. The lowest BCUT2D eigenvalue weighted by molar-refractivity contribution is -0.125. The number of aryl methyl sites for hydroxylation is 1. The lowest BCUT2D eigenvalue weighted by atomic mass is 9.98. The van der Waals surface area contributed by atoms with Gasteiger partial charge in [0.1, 0.15) is 17.8 Å². The first-order valence-corrected chi connectivity index (χ1v) is 13.1. The number of aliphatic imine (C=N–C) groups is 2. The summed E-state index contributed by atoms with van der Waals surface area (Å²) in [4.78, 5) is 33.2. The van der Waals surface area contributed by atoms with E-state index in [-0.39, 0.29) is 11.8 Å². The zero-order chi connectivity index (χ0) is 28.1. The highest BCUT2D eigenvalue weighted by Gasteiger charge is 2.29. The molecule has 0 radical (unpaired) electrons. The molecule has 0 spiro atoms. The van der Waals surface area contributed by atoms with Crippen LogP contribution < -0.4 is 10.5 Å². The zero-order valence-corrected chi connectivity index (χ0v) is 22.9. The average Bonchev–Trinajstić information content (AvgIpc) is 3.70. The van der Waals surface area contributed by atoms with Crippen LogP contribution in [0.1, 0.15) is 29.2 Å². The number of aromatic nitrogens is 4. The van der Waals surface area contributed by atoms with Crippen molar-refractivity contribution in [2.45, 2.75) is 19.3 Å². The Morgan fingerprint density at radius 2 is 2.15 bits per heavy atom. The number of amidine groups is 1. The molecule has 0 bridgehead atoms. The number of aromatic amines is 1. The number of nitrogens with one attached hydrogen (secondary N) is 1. The van der Waals surface area contributed by atoms with Gasteiger partial charge < -0.3 is 25.3 Å². The summed E-state index contributed by atoms with van der Waals surface area (Å²) in [6.45, 7) is 4.04. The summed E-state index contributed by atoms with van der Waals surface area (Å²) in [6.07, 6.45) is 10.8. The van der Waals surface area contributed by atoms with E-state index in [1.54, 1.807) is 16.8 Å². The summed E-state index contributed by atoms with van der Waals surface area (Å²) < 4.78 is 7.77. The van der Waals surface area contributed by atoms with Gasteiger partial charge in [0.05, 0.1) is 17.7 Å². The highest BCUT2D eigenvalue weighted by Crippen LogP contribution is 2.32. The number of ether oxygens (including phenoxy) is 1. The van der Waals surface area contributed by atoms with Crippen LogP contribution in [0.4, 0.5) is 5.69 Å². The first-order valence-electron chi connectivity index (χ1n) is 13.1. The van der Waals surface area contributed by atoms with Gasteiger partial charge in [0, 0.05) is 50.1 Å². The predicted octanol–water partition coefficient (Wildman–Crippen LogP) is 3.66. The Bertz CT molecular complexity index is 1580. The van der Waals surface area contributed by atoms with Crippen molar-refractivity contribution in [2.24, 2.45) is 15.7 Å². The maximum Gasteiger partial charge on any atom is 0.246 e. The van der Waals surface area contributed by atoms with Crippen LogP contribution in [0.25, 0.3) is 5.65 Å². The zero-order valence-electron chi connectivity index (χ0n) is 22.9. The van der Waals surface area contributed by atoms with E-state index in [1.165, 1.54) is 12.7 Å². The fourth-order valence-electron chi connectivity index (χ4n) is 4.75. The number of amides is 1. The van der Waals surface area contributed by atoms with Crippen molar-refractivity contribution in [3.63, 3.8) is 0 Å². The molecular weight excluding hydrogens is 506 g/mol. The van der Waals surface area contributed by atoms with Crippen molar-refractivity contribution in [1.82, 2.24) is 29.4 Å². The fourth-order valence-corrected chi connectivity index (χ4v) is 4.75. The molecule has 11 heteroatoms. The highest BCUT2D eigenvalue weighted by molar-refractivity contribution is 6.04. The Balaban J connectivity index is 1.33. The molecule has 206 valence electrons. The Labute approximate surface area is 232 Å². The van der Waals surface area contributed by atoms with Gasteiger partial charge >= 0.3 is 0 Å². The molecule has 1 fully saturated rings. The molecule has 0 aliphatic carbocycles. The van der Waals surface area contributed by atoms with Gasteiger partial charge in [-0.3, -0.25) is 4.79 Å². The molecule has 40 heavy (non-hydrogen) atoms. The number of H-pyrrole nitrogens is 1. The van der Waals surface area contributed by atoms with Gasteiger partial charge in [-0.25, -0.2) is 19.5 Å². The third kappa shape index (κ3) is 6.10. The van der Waals surface area contributed by atoms with E-state index in [2.05, 4.69) is 20.1 Å². The van der Waals surface area contributed by atoms with Crippen LogP contribution in [0, 0.1) is 6.92 Å². The van der Waals surface area contributed by atoms with E-state index in [1.807, 2.05) is 79.5 Å². The third-order valence-corrected chi connectivity index (χ3v) is 6.74. The van der Waals surface area contributed by atoms with Crippen LogP contribution in [0.15, 0.2) is 77.3 Å². The summed E-state index contributed by atoms with van der Waals surface area (Å²) in [5.41, 5.74) is 9.91. The average molecular weight is 540 g/mol. The van der Waals surface area contributed by atoms with Gasteiger partial charge in [-0.1, -0.05) is 6.08 Å². The first-order chi connectivity index (χ1) is 19.4. The number of likely N-dealkylation sites (tertiary alicyclic amines) is 1. The van der Waals surface area contributed by atoms with Crippen LogP contribution in [0.3, 0.4) is 0 Å². The molecule has 0 saturated carbocycles. The maximum atomic E-state index is 12.7.